The minimum Gasteiger partial charge on any atom is -0.497 e. The third-order valence-corrected chi connectivity index (χ3v) is 5.44. The molecule has 0 aliphatic carbocycles. The molecule has 0 aliphatic rings. The second kappa shape index (κ2) is 10.6. The summed E-state index contributed by atoms with van der Waals surface area (Å²) in [5, 5.41) is 7.58. The van der Waals surface area contributed by atoms with Gasteiger partial charge in [0.2, 0.25) is 10.0 Å². The van der Waals surface area contributed by atoms with Gasteiger partial charge in [-0.15, -0.1) is 0 Å². The standard InChI is InChI=1S/C24H22N2O6S/c1-31-20-9-5-6-17(14-20)15-22(18-7-3-2-4-8-18)24(28)32-16-23(27)26-19-10-12-21(13-11-19)33(25,29)30/h2-15H,16H2,1H3,(H,26,27)(H2,25,29,30)/b22-15+. The summed E-state index contributed by atoms with van der Waals surface area (Å²) in [7, 11) is -2.28. The first kappa shape index (κ1) is 23.7. The van der Waals surface area contributed by atoms with Crippen LogP contribution in [0.25, 0.3) is 11.6 Å². The number of hydrogen-bond donors (Lipinski definition) is 2. The van der Waals surface area contributed by atoms with Crippen LogP contribution in [-0.4, -0.2) is 34.0 Å². The van der Waals surface area contributed by atoms with E-state index in [4.69, 9.17) is 14.6 Å². The Bertz CT molecular complexity index is 1270. The molecular formula is C24H22N2O6S. The molecule has 0 aliphatic heterocycles. The van der Waals surface area contributed by atoms with Gasteiger partial charge in [0.15, 0.2) is 6.61 Å². The van der Waals surface area contributed by atoms with Crippen LogP contribution in [0.15, 0.2) is 83.8 Å². The normalized spacial score (nSPS) is 11.5. The number of amides is 1. The Balaban J connectivity index is 1.72. The van der Waals surface area contributed by atoms with Gasteiger partial charge in [0.1, 0.15) is 5.75 Å². The maximum absolute atomic E-state index is 12.8. The Morgan fingerprint density at radius 2 is 1.67 bits per heavy atom. The Hall–Kier alpha value is -3.95. The van der Waals surface area contributed by atoms with Gasteiger partial charge in [-0.05, 0) is 53.6 Å². The molecule has 3 rings (SSSR count). The van der Waals surface area contributed by atoms with Gasteiger partial charge in [0, 0.05) is 5.69 Å². The molecule has 3 N–H and O–H groups in total. The lowest BCUT2D eigenvalue weighted by atomic mass is 10.0. The number of methoxy groups -OCH3 is 1. The molecule has 0 unspecified atom stereocenters. The lowest BCUT2D eigenvalue weighted by Gasteiger charge is -2.10. The Morgan fingerprint density at radius 1 is 0.970 bits per heavy atom. The second-order valence-corrected chi connectivity index (χ2v) is 8.46. The molecule has 33 heavy (non-hydrogen) atoms. The fourth-order valence-corrected chi connectivity index (χ4v) is 3.43. The van der Waals surface area contributed by atoms with Crippen molar-refractivity contribution in [2.24, 2.45) is 5.14 Å². The van der Waals surface area contributed by atoms with Crippen molar-refractivity contribution in [3.05, 3.63) is 90.0 Å². The second-order valence-electron chi connectivity index (χ2n) is 6.89. The van der Waals surface area contributed by atoms with Gasteiger partial charge in [0.25, 0.3) is 5.91 Å². The molecule has 3 aromatic rings. The van der Waals surface area contributed by atoms with E-state index in [1.165, 1.54) is 24.3 Å². The Labute approximate surface area is 191 Å². The number of ether oxygens (including phenoxy) is 2. The number of carbonyl (C=O) groups excluding carboxylic acids is 2. The summed E-state index contributed by atoms with van der Waals surface area (Å²) in [5.41, 5.74) is 1.96. The number of sulfonamides is 1. The van der Waals surface area contributed by atoms with Crippen LogP contribution in [0.4, 0.5) is 5.69 Å². The average Bonchev–Trinajstić information content (AvgIpc) is 2.81. The molecule has 8 nitrogen and oxygen atoms in total. The van der Waals surface area contributed by atoms with Crippen molar-refractivity contribution in [2.45, 2.75) is 4.90 Å². The first-order valence-electron chi connectivity index (χ1n) is 9.77. The molecule has 0 fully saturated rings. The van der Waals surface area contributed by atoms with Crippen LogP contribution >= 0.6 is 0 Å². The van der Waals surface area contributed by atoms with Gasteiger partial charge in [-0.1, -0.05) is 42.5 Å². The molecule has 0 saturated carbocycles. The van der Waals surface area contributed by atoms with E-state index in [-0.39, 0.29) is 10.5 Å². The largest absolute Gasteiger partial charge is 0.497 e. The number of rotatable bonds is 8. The van der Waals surface area contributed by atoms with Crippen LogP contribution < -0.4 is 15.2 Å². The summed E-state index contributed by atoms with van der Waals surface area (Å²) in [6, 6.07) is 21.4. The molecule has 0 aromatic heterocycles. The van der Waals surface area contributed by atoms with Crippen LogP contribution in [0.5, 0.6) is 5.75 Å². The highest BCUT2D eigenvalue weighted by atomic mass is 32.2. The predicted molar refractivity (Wildman–Crippen MR) is 125 cm³/mol. The third-order valence-electron chi connectivity index (χ3n) is 4.51. The number of nitrogens with two attached hydrogens (primary N) is 1. The summed E-state index contributed by atoms with van der Waals surface area (Å²) in [5.74, 6) is -0.624. The molecule has 0 bridgehead atoms. The molecule has 1 amide bonds. The van der Waals surface area contributed by atoms with E-state index in [0.29, 0.717) is 17.0 Å². The zero-order chi connectivity index (χ0) is 23.8. The molecule has 0 spiro atoms. The SMILES string of the molecule is COc1cccc(/C=C(/C(=O)OCC(=O)Nc2ccc(S(N)(=O)=O)cc2)c2ccccc2)c1. The smallest absolute Gasteiger partial charge is 0.339 e. The van der Waals surface area contributed by atoms with E-state index < -0.39 is 28.5 Å². The topological polar surface area (TPSA) is 125 Å². The zero-order valence-electron chi connectivity index (χ0n) is 17.7. The van der Waals surface area contributed by atoms with Crippen LogP contribution in [0.1, 0.15) is 11.1 Å². The third kappa shape index (κ3) is 6.76. The van der Waals surface area contributed by atoms with Gasteiger partial charge in [-0.2, -0.15) is 0 Å². The van der Waals surface area contributed by atoms with Crippen LogP contribution in [0, 0.1) is 0 Å². The highest BCUT2D eigenvalue weighted by Crippen LogP contribution is 2.22. The zero-order valence-corrected chi connectivity index (χ0v) is 18.5. The van der Waals surface area contributed by atoms with Gasteiger partial charge in [-0.3, -0.25) is 4.79 Å². The van der Waals surface area contributed by atoms with Crippen LogP contribution in [0.2, 0.25) is 0 Å². The van der Waals surface area contributed by atoms with E-state index in [9.17, 15) is 18.0 Å². The number of nitrogens with one attached hydrogen (secondary N) is 1. The van der Waals surface area contributed by atoms with Crippen molar-refractivity contribution >= 4 is 39.2 Å². The molecule has 3 aromatic carbocycles. The number of hydrogen-bond acceptors (Lipinski definition) is 6. The lowest BCUT2D eigenvalue weighted by Crippen LogP contribution is -2.21. The summed E-state index contributed by atoms with van der Waals surface area (Å²) in [6.45, 7) is -0.530. The first-order chi connectivity index (χ1) is 15.8. The minimum absolute atomic E-state index is 0.0814. The summed E-state index contributed by atoms with van der Waals surface area (Å²) in [6.07, 6.45) is 1.66. The van der Waals surface area contributed by atoms with E-state index in [0.717, 1.165) is 5.56 Å². The monoisotopic (exact) mass is 466 g/mol. The maximum Gasteiger partial charge on any atom is 0.339 e. The molecule has 0 radical (unpaired) electrons. The number of carbonyl (C=O) groups is 2. The van der Waals surface area contributed by atoms with Crippen molar-refractivity contribution < 1.29 is 27.5 Å². The fourth-order valence-electron chi connectivity index (χ4n) is 2.91. The van der Waals surface area contributed by atoms with Crippen molar-refractivity contribution in [1.82, 2.24) is 0 Å². The van der Waals surface area contributed by atoms with Crippen molar-refractivity contribution in [3.8, 4) is 5.75 Å². The Kier molecular flexibility index (Phi) is 7.60. The number of benzene rings is 3. The number of esters is 1. The van der Waals surface area contributed by atoms with Gasteiger partial charge in [0.05, 0.1) is 17.6 Å². The van der Waals surface area contributed by atoms with E-state index >= 15 is 0 Å². The van der Waals surface area contributed by atoms with E-state index in [1.807, 2.05) is 12.1 Å². The van der Waals surface area contributed by atoms with Gasteiger partial charge < -0.3 is 14.8 Å². The quantitative estimate of drug-likeness (QED) is 0.299. The lowest BCUT2D eigenvalue weighted by molar-refractivity contribution is -0.141. The van der Waals surface area contributed by atoms with E-state index in [1.54, 1.807) is 55.7 Å². The Morgan fingerprint density at radius 3 is 2.30 bits per heavy atom. The number of primary sulfonamides is 1. The first-order valence-corrected chi connectivity index (χ1v) is 11.3. The van der Waals surface area contributed by atoms with Gasteiger partial charge in [-0.25, -0.2) is 18.4 Å². The molecule has 170 valence electrons. The average molecular weight is 467 g/mol. The molecule has 0 atom stereocenters. The van der Waals surface area contributed by atoms with Crippen molar-refractivity contribution in [1.29, 1.82) is 0 Å². The minimum atomic E-state index is -3.83. The highest BCUT2D eigenvalue weighted by molar-refractivity contribution is 7.89. The fraction of sp³-hybridized carbons (Fsp3) is 0.0833. The van der Waals surface area contributed by atoms with Crippen LogP contribution in [-0.2, 0) is 24.3 Å². The summed E-state index contributed by atoms with van der Waals surface area (Å²) >= 11 is 0. The molecular weight excluding hydrogens is 444 g/mol. The maximum atomic E-state index is 12.8. The molecule has 0 heterocycles. The highest BCUT2D eigenvalue weighted by Gasteiger charge is 2.16. The van der Waals surface area contributed by atoms with Crippen molar-refractivity contribution in [3.63, 3.8) is 0 Å². The number of anilines is 1. The molecule has 0 saturated heterocycles. The van der Waals surface area contributed by atoms with Gasteiger partial charge >= 0.3 is 5.97 Å². The van der Waals surface area contributed by atoms with Crippen molar-refractivity contribution in [2.75, 3.05) is 19.0 Å². The summed E-state index contributed by atoms with van der Waals surface area (Å²) < 4.78 is 33.1. The molecule has 9 heteroatoms. The van der Waals surface area contributed by atoms with Crippen LogP contribution in [0.3, 0.4) is 0 Å². The summed E-state index contributed by atoms with van der Waals surface area (Å²) in [4.78, 5) is 25.0. The van der Waals surface area contributed by atoms with E-state index in [2.05, 4.69) is 5.32 Å². The predicted octanol–water partition coefficient (Wildman–Crippen LogP) is 3.07.